The molecule has 0 fully saturated rings. The monoisotopic (exact) mass is 417 g/mol. The van der Waals surface area contributed by atoms with E-state index in [0.717, 1.165) is 11.3 Å². The third-order valence-electron chi connectivity index (χ3n) is 4.25. The Hall–Kier alpha value is -3.97. The normalized spacial score (nSPS) is 10.4. The van der Waals surface area contributed by atoms with E-state index < -0.39 is 11.8 Å². The second kappa shape index (κ2) is 8.59. The van der Waals surface area contributed by atoms with Gasteiger partial charge in [-0.2, -0.15) is 0 Å². The molecule has 148 valence electrons. The molecule has 0 aliphatic heterocycles. The topological polar surface area (TPSA) is 88.9 Å². The summed E-state index contributed by atoms with van der Waals surface area (Å²) < 4.78 is 1.58. The summed E-state index contributed by atoms with van der Waals surface area (Å²) in [5.74, 6) is -0.775. The Balaban J connectivity index is 1.60. The summed E-state index contributed by atoms with van der Waals surface area (Å²) in [7, 11) is 0. The number of nitrogens with one attached hydrogen (secondary N) is 2. The largest absolute Gasteiger partial charge is 0.309 e. The number of amides is 2. The molecule has 0 aliphatic carbocycles. The van der Waals surface area contributed by atoms with Crippen molar-refractivity contribution in [2.24, 2.45) is 0 Å². The van der Waals surface area contributed by atoms with Crippen LogP contribution in [0.15, 0.2) is 84.9 Å². The number of carbonyl (C=O) groups is 2. The van der Waals surface area contributed by atoms with Crippen LogP contribution in [-0.4, -0.2) is 26.6 Å². The Morgan fingerprint density at radius 2 is 1.37 bits per heavy atom. The molecule has 4 aromatic rings. The number of hydrogen-bond donors (Lipinski definition) is 2. The van der Waals surface area contributed by atoms with Crippen molar-refractivity contribution < 1.29 is 9.59 Å². The van der Waals surface area contributed by atoms with Crippen molar-refractivity contribution in [3.63, 3.8) is 0 Å². The molecule has 8 heteroatoms. The van der Waals surface area contributed by atoms with Crippen molar-refractivity contribution in [2.75, 3.05) is 0 Å². The van der Waals surface area contributed by atoms with Crippen molar-refractivity contribution in [1.29, 1.82) is 0 Å². The molecule has 4 rings (SSSR count). The van der Waals surface area contributed by atoms with Crippen LogP contribution in [0.5, 0.6) is 0 Å². The molecule has 0 saturated carbocycles. The Bertz CT molecular complexity index is 1140. The average Bonchev–Trinajstić information content (AvgIpc) is 3.24. The maximum absolute atomic E-state index is 12.6. The lowest BCUT2D eigenvalue weighted by atomic mass is 10.2. The Kier molecular flexibility index (Phi) is 5.54. The SMILES string of the molecule is O=C(NNC(=O)c1ccccc1Cl)c1nc(-c2ccccc2)n(-c2ccccc2)n1. The molecule has 0 radical (unpaired) electrons. The van der Waals surface area contributed by atoms with Crippen LogP contribution in [0.3, 0.4) is 0 Å². The number of rotatable bonds is 4. The minimum atomic E-state index is -0.651. The lowest BCUT2D eigenvalue weighted by Crippen LogP contribution is -2.42. The van der Waals surface area contributed by atoms with E-state index in [0.29, 0.717) is 5.82 Å². The first-order valence-corrected chi connectivity index (χ1v) is 9.44. The molecule has 1 aromatic heterocycles. The fraction of sp³-hybridized carbons (Fsp3) is 0. The summed E-state index contributed by atoms with van der Waals surface area (Å²) in [6.45, 7) is 0. The molecule has 0 aliphatic rings. The number of hydrogen-bond acceptors (Lipinski definition) is 4. The van der Waals surface area contributed by atoms with Crippen LogP contribution in [0.2, 0.25) is 5.02 Å². The number of aromatic nitrogens is 3. The minimum Gasteiger partial charge on any atom is -0.267 e. The molecule has 0 spiro atoms. The van der Waals surface area contributed by atoms with E-state index in [1.807, 2.05) is 60.7 Å². The van der Waals surface area contributed by atoms with Gasteiger partial charge in [0.2, 0.25) is 5.82 Å². The zero-order valence-corrected chi connectivity index (χ0v) is 16.4. The summed E-state index contributed by atoms with van der Waals surface area (Å²) in [5, 5.41) is 4.62. The lowest BCUT2D eigenvalue weighted by Gasteiger charge is -2.06. The highest BCUT2D eigenvalue weighted by Gasteiger charge is 2.19. The summed E-state index contributed by atoms with van der Waals surface area (Å²) in [6.07, 6.45) is 0. The second-order valence-electron chi connectivity index (χ2n) is 6.26. The Labute approximate surface area is 177 Å². The van der Waals surface area contributed by atoms with Gasteiger partial charge in [-0.1, -0.05) is 72.3 Å². The summed E-state index contributed by atoms with van der Waals surface area (Å²) in [4.78, 5) is 29.2. The van der Waals surface area contributed by atoms with E-state index in [4.69, 9.17) is 11.6 Å². The maximum atomic E-state index is 12.6. The van der Waals surface area contributed by atoms with Gasteiger partial charge in [-0.05, 0) is 24.3 Å². The molecular weight excluding hydrogens is 402 g/mol. The third kappa shape index (κ3) is 4.06. The number of carbonyl (C=O) groups excluding carboxylic acids is 2. The van der Waals surface area contributed by atoms with Crippen molar-refractivity contribution in [3.8, 4) is 17.1 Å². The van der Waals surface area contributed by atoms with Crippen LogP contribution in [-0.2, 0) is 0 Å². The van der Waals surface area contributed by atoms with Gasteiger partial charge in [0, 0.05) is 5.56 Å². The van der Waals surface area contributed by atoms with Gasteiger partial charge in [-0.25, -0.2) is 9.67 Å². The fourth-order valence-electron chi connectivity index (χ4n) is 2.81. The summed E-state index contributed by atoms with van der Waals surface area (Å²) >= 11 is 6.01. The van der Waals surface area contributed by atoms with Crippen molar-refractivity contribution in [2.45, 2.75) is 0 Å². The maximum Gasteiger partial charge on any atom is 0.309 e. The van der Waals surface area contributed by atoms with Gasteiger partial charge in [-0.15, -0.1) is 5.10 Å². The standard InChI is InChI=1S/C22H16ClN5O2/c23-18-14-8-7-13-17(18)21(29)25-26-22(30)19-24-20(15-9-3-1-4-10-15)28(27-19)16-11-5-2-6-12-16/h1-14H,(H,25,29)(H,26,30). The predicted octanol–water partition coefficient (Wildman–Crippen LogP) is 3.66. The Morgan fingerprint density at radius 3 is 2.07 bits per heavy atom. The predicted molar refractivity (Wildman–Crippen MR) is 113 cm³/mol. The highest BCUT2D eigenvalue weighted by Crippen LogP contribution is 2.21. The summed E-state index contributed by atoms with van der Waals surface area (Å²) in [6, 6.07) is 25.3. The van der Waals surface area contributed by atoms with Gasteiger partial charge in [0.05, 0.1) is 16.3 Å². The highest BCUT2D eigenvalue weighted by molar-refractivity contribution is 6.33. The third-order valence-corrected chi connectivity index (χ3v) is 4.58. The molecule has 0 atom stereocenters. The lowest BCUT2D eigenvalue weighted by molar-refractivity contribution is 0.0841. The molecule has 2 amide bonds. The molecule has 0 bridgehead atoms. The molecule has 30 heavy (non-hydrogen) atoms. The van der Waals surface area contributed by atoms with E-state index in [2.05, 4.69) is 20.9 Å². The molecule has 2 N–H and O–H groups in total. The molecule has 0 unspecified atom stereocenters. The van der Waals surface area contributed by atoms with Crippen LogP contribution in [0.25, 0.3) is 17.1 Å². The average molecular weight is 418 g/mol. The van der Waals surface area contributed by atoms with Crippen LogP contribution < -0.4 is 10.9 Å². The number of para-hydroxylation sites is 1. The van der Waals surface area contributed by atoms with Gasteiger partial charge < -0.3 is 0 Å². The van der Waals surface area contributed by atoms with Crippen molar-refractivity contribution >= 4 is 23.4 Å². The first-order chi connectivity index (χ1) is 14.6. The molecule has 0 saturated heterocycles. The minimum absolute atomic E-state index is 0.0860. The summed E-state index contributed by atoms with van der Waals surface area (Å²) in [5.41, 5.74) is 6.46. The van der Waals surface area contributed by atoms with E-state index in [1.54, 1.807) is 28.9 Å². The number of hydrazine groups is 1. The first-order valence-electron chi connectivity index (χ1n) is 9.06. The fourth-order valence-corrected chi connectivity index (χ4v) is 3.04. The van der Waals surface area contributed by atoms with Crippen LogP contribution >= 0.6 is 11.6 Å². The van der Waals surface area contributed by atoms with Gasteiger partial charge in [0.15, 0.2) is 5.82 Å². The van der Waals surface area contributed by atoms with Gasteiger partial charge >= 0.3 is 5.91 Å². The zero-order valence-electron chi connectivity index (χ0n) is 15.6. The van der Waals surface area contributed by atoms with E-state index in [9.17, 15) is 9.59 Å². The smallest absolute Gasteiger partial charge is 0.267 e. The zero-order chi connectivity index (χ0) is 20.9. The van der Waals surface area contributed by atoms with Gasteiger partial charge in [-0.3, -0.25) is 20.4 Å². The van der Waals surface area contributed by atoms with Crippen LogP contribution in [0.4, 0.5) is 0 Å². The van der Waals surface area contributed by atoms with E-state index in [1.165, 1.54) is 0 Å². The highest BCUT2D eigenvalue weighted by atomic mass is 35.5. The van der Waals surface area contributed by atoms with Gasteiger partial charge in [0.1, 0.15) is 0 Å². The van der Waals surface area contributed by atoms with Crippen LogP contribution in [0, 0.1) is 0 Å². The van der Waals surface area contributed by atoms with Crippen molar-refractivity contribution in [3.05, 3.63) is 101 Å². The number of nitrogens with zero attached hydrogens (tertiary/aromatic N) is 3. The Morgan fingerprint density at radius 1 is 0.767 bits per heavy atom. The molecule has 1 heterocycles. The number of halogens is 1. The molecule has 7 nitrogen and oxygen atoms in total. The molecule has 3 aromatic carbocycles. The van der Waals surface area contributed by atoms with Gasteiger partial charge in [0.25, 0.3) is 5.91 Å². The van der Waals surface area contributed by atoms with Crippen molar-refractivity contribution in [1.82, 2.24) is 25.6 Å². The molecular formula is C22H16ClN5O2. The quantitative estimate of drug-likeness (QED) is 0.496. The van der Waals surface area contributed by atoms with E-state index in [-0.39, 0.29) is 16.4 Å². The number of benzene rings is 3. The second-order valence-corrected chi connectivity index (χ2v) is 6.67. The first kappa shape index (κ1) is 19.4. The van der Waals surface area contributed by atoms with E-state index >= 15 is 0 Å². The van der Waals surface area contributed by atoms with Crippen LogP contribution in [0.1, 0.15) is 21.0 Å².